The molecule has 2 heterocycles. The zero-order valence-electron chi connectivity index (χ0n) is 10.3. The second-order valence-electron chi connectivity index (χ2n) is 4.06. The number of benzene rings is 1. The van der Waals surface area contributed by atoms with E-state index in [9.17, 15) is 4.79 Å². The van der Waals surface area contributed by atoms with Crippen LogP contribution >= 0.6 is 0 Å². The van der Waals surface area contributed by atoms with Crippen molar-refractivity contribution in [2.24, 2.45) is 5.16 Å². The monoisotopic (exact) mass is 270 g/mol. The number of carbonyl (C=O) groups excluding carboxylic acids is 1. The first-order valence-electron chi connectivity index (χ1n) is 5.87. The summed E-state index contributed by atoms with van der Waals surface area (Å²) in [7, 11) is 0. The van der Waals surface area contributed by atoms with Gasteiger partial charge in [0.05, 0.1) is 5.69 Å². The van der Waals surface area contributed by atoms with Crippen molar-refractivity contribution in [2.45, 2.75) is 0 Å². The van der Waals surface area contributed by atoms with Gasteiger partial charge in [0, 0.05) is 11.8 Å². The number of hydrogen-bond acceptors (Lipinski definition) is 6. The number of carbonyl (C=O) groups is 1. The van der Waals surface area contributed by atoms with Crippen molar-refractivity contribution in [1.82, 2.24) is 4.98 Å². The summed E-state index contributed by atoms with van der Waals surface area (Å²) in [5.41, 5.74) is 0.523. The fourth-order valence-electron chi connectivity index (χ4n) is 1.89. The highest BCUT2D eigenvalue weighted by molar-refractivity contribution is 6.50. The second-order valence-corrected chi connectivity index (χ2v) is 4.06. The molecule has 0 saturated carbocycles. The van der Waals surface area contributed by atoms with Gasteiger partial charge in [0.2, 0.25) is 12.6 Å². The second kappa shape index (κ2) is 5.00. The normalized spacial score (nSPS) is 13.3. The zero-order valence-corrected chi connectivity index (χ0v) is 10.3. The smallest absolute Gasteiger partial charge is 0.231 e. The molecule has 0 amide bonds. The number of nitrogens with zero attached hydrogens (tertiary/aromatic N) is 2. The minimum atomic E-state index is -0.440. The fraction of sp³-hybridized carbons (Fsp3) is 0.0714. The fourth-order valence-corrected chi connectivity index (χ4v) is 1.89. The minimum absolute atomic E-state index is 0.121. The Morgan fingerprint density at radius 2 is 2.05 bits per heavy atom. The van der Waals surface area contributed by atoms with Crippen LogP contribution in [0.4, 0.5) is 0 Å². The molecule has 6 heteroatoms. The molecule has 2 aromatic rings. The average Bonchev–Trinajstić information content (AvgIpc) is 2.96. The summed E-state index contributed by atoms with van der Waals surface area (Å²) in [5.74, 6) is 0.639. The van der Waals surface area contributed by atoms with E-state index in [1.165, 1.54) is 6.20 Å². The van der Waals surface area contributed by atoms with Crippen LogP contribution in [-0.4, -0.2) is 28.5 Å². The number of pyridine rings is 1. The molecule has 0 spiro atoms. The van der Waals surface area contributed by atoms with Crippen LogP contribution < -0.4 is 9.47 Å². The molecule has 3 rings (SSSR count). The first kappa shape index (κ1) is 12.2. The maximum atomic E-state index is 12.3. The summed E-state index contributed by atoms with van der Waals surface area (Å²) in [6.07, 6.45) is 1.52. The molecule has 0 aliphatic carbocycles. The number of Topliss-reactive ketones (excluding diaryl/α,β-unsaturated/α-hetero) is 1. The van der Waals surface area contributed by atoms with Crippen LogP contribution in [0.5, 0.6) is 11.5 Å². The third-order valence-electron chi connectivity index (χ3n) is 2.86. The summed E-state index contributed by atoms with van der Waals surface area (Å²) < 4.78 is 10.4. The van der Waals surface area contributed by atoms with Gasteiger partial charge < -0.3 is 14.7 Å². The predicted molar refractivity (Wildman–Crippen MR) is 69.5 cm³/mol. The van der Waals surface area contributed by atoms with E-state index in [4.69, 9.17) is 14.7 Å². The minimum Gasteiger partial charge on any atom is -0.454 e. The number of ketones is 1. The van der Waals surface area contributed by atoms with Crippen LogP contribution in [0, 0.1) is 0 Å². The molecule has 1 aliphatic heterocycles. The molecule has 0 bridgehead atoms. The molecule has 1 N–H and O–H groups in total. The highest BCUT2D eigenvalue weighted by Crippen LogP contribution is 2.32. The van der Waals surface area contributed by atoms with Crippen molar-refractivity contribution < 1.29 is 19.5 Å². The van der Waals surface area contributed by atoms with Crippen molar-refractivity contribution >= 4 is 11.5 Å². The van der Waals surface area contributed by atoms with Gasteiger partial charge in [0.1, 0.15) is 0 Å². The Labute approximate surface area is 114 Å². The van der Waals surface area contributed by atoms with Crippen molar-refractivity contribution in [2.75, 3.05) is 6.79 Å². The predicted octanol–water partition coefficient (Wildman–Crippen LogP) is 1.87. The van der Waals surface area contributed by atoms with E-state index in [0.717, 1.165) is 0 Å². The van der Waals surface area contributed by atoms with Gasteiger partial charge in [-0.15, -0.1) is 0 Å². The molecule has 0 saturated heterocycles. The van der Waals surface area contributed by atoms with E-state index < -0.39 is 5.78 Å². The van der Waals surface area contributed by atoms with Crippen molar-refractivity contribution in [3.05, 3.63) is 53.9 Å². The van der Waals surface area contributed by atoms with Crippen LogP contribution in [0.1, 0.15) is 16.1 Å². The van der Waals surface area contributed by atoms with Gasteiger partial charge in [0.15, 0.2) is 17.2 Å². The van der Waals surface area contributed by atoms with Gasteiger partial charge in [-0.25, -0.2) is 0 Å². The van der Waals surface area contributed by atoms with Crippen LogP contribution in [0.2, 0.25) is 0 Å². The number of hydrogen-bond donors (Lipinski definition) is 1. The lowest BCUT2D eigenvalue weighted by Crippen LogP contribution is -2.17. The Morgan fingerprint density at radius 3 is 2.80 bits per heavy atom. The lowest BCUT2D eigenvalue weighted by Gasteiger charge is -2.04. The first-order chi connectivity index (χ1) is 9.79. The van der Waals surface area contributed by atoms with Gasteiger partial charge in [-0.3, -0.25) is 9.78 Å². The maximum absolute atomic E-state index is 12.3. The lowest BCUT2D eigenvalue weighted by molar-refractivity contribution is 0.106. The number of fused-ring (bicyclic) bond motifs is 1. The number of oxime groups is 1. The standard InChI is InChI=1S/C14H10N2O4/c17-14(13(16-18)10-3-1-2-6-15-10)9-4-5-11-12(7-9)20-8-19-11/h1-7,18H,8H2/b16-13+. The maximum Gasteiger partial charge on any atom is 0.231 e. The number of ether oxygens (including phenoxy) is 2. The van der Waals surface area contributed by atoms with E-state index in [1.54, 1.807) is 36.4 Å². The van der Waals surface area contributed by atoms with E-state index in [-0.39, 0.29) is 12.5 Å². The van der Waals surface area contributed by atoms with Gasteiger partial charge in [0.25, 0.3) is 0 Å². The van der Waals surface area contributed by atoms with Crippen LogP contribution in [0.15, 0.2) is 47.8 Å². The van der Waals surface area contributed by atoms with E-state index in [0.29, 0.717) is 22.8 Å². The molecule has 0 fully saturated rings. The summed E-state index contributed by atoms with van der Waals surface area (Å²) in [6.45, 7) is 0.133. The van der Waals surface area contributed by atoms with Gasteiger partial charge in [-0.2, -0.15) is 0 Å². The molecule has 1 aliphatic rings. The summed E-state index contributed by atoms with van der Waals surface area (Å²) in [4.78, 5) is 16.4. The SMILES string of the molecule is O=C(/C(=N/O)c1ccccn1)c1ccc2c(c1)OCO2. The molecule has 0 atom stereocenters. The molecule has 6 nitrogen and oxygen atoms in total. The van der Waals surface area contributed by atoms with Crippen molar-refractivity contribution in [1.29, 1.82) is 0 Å². The highest BCUT2D eigenvalue weighted by atomic mass is 16.7. The lowest BCUT2D eigenvalue weighted by atomic mass is 10.0. The Balaban J connectivity index is 1.96. The quantitative estimate of drug-likeness (QED) is 0.398. The summed E-state index contributed by atoms with van der Waals surface area (Å²) >= 11 is 0. The van der Waals surface area contributed by atoms with Crippen LogP contribution in [0.25, 0.3) is 0 Å². The zero-order chi connectivity index (χ0) is 13.9. The Kier molecular flexibility index (Phi) is 3.04. The van der Waals surface area contributed by atoms with E-state index in [2.05, 4.69) is 10.1 Å². The van der Waals surface area contributed by atoms with E-state index in [1.807, 2.05) is 0 Å². The Hall–Kier alpha value is -2.89. The van der Waals surface area contributed by atoms with E-state index >= 15 is 0 Å². The van der Waals surface area contributed by atoms with Crippen LogP contribution in [0.3, 0.4) is 0 Å². The Morgan fingerprint density at radius 1 is 1.20 bits per heavy atom. The topological polar surface area (TPSA) is 81.0 Å². The first-order valence-corrected chi connectivity index (χ1v) is 5.87. The third-order valence-corrected chi connectivity index (χ3v) is 2.86. The van der Waals surface area contributed by atoms with Gasteiger partial charge >= 0.3 is 0 Å². The largest absolute Gasteiger partial charge is 0.454 e. The molecule has 0 radical (unpaired) electrons. The molecular weight excluding hydrogens is 260 g/mol. The molecule has 100 valence electrons. The van der Waals surface area contributed by atoms with Crippen molar-refractivity contribution in [3.63, 3.8) is 0 Å². The number of aromatic nitrogens is 1. The summed E-state index contributed by atoms with van der Waals surface area (Å²) in [6, 6.07) is 9.80. The molecular formula is C14H10N2O4. The molecule has 1 aromatic heterocycles. The molecule has 0 unspecified atom stereocenters. The summed E-state index contributed by atoms with van der Waals surface area (Å²) in [5, 5.41) is 12.1. The van der Waals surface area contributed by atoms with Gasteiger partial charge in [-0.1, -0.05) is 11.2 Å². The van der Waals surface area contributed by atoms with Gasteiger partial charge in [-0.05, 0) is 30.3 Å². The molecule has 1 aromatic carbocycles. The molecule has 20 heavy (non-hydrogen) atoms. The number of rotatable bonds is 3. The van der Waals surface area contributed by atoms with Crippen molar-refractivity contribution in [3.8, 4) is 11.5 Å². The average molecular weight is 270 g/mol. The van der Waals surface area contributed by atoms with Crippen LogP contribution in [-0.2, 0) is 0 Å². The highest BCUT2D eigenvalue weighted by Gasteiger charge is 2.21. The Bertz CT molecular complexity index is 683. The third kappa shape index (κ3) is 2.07.